The molecule has 0 aliphatic rings. The Balaban J connectivity index is 1.94. The van der Waals surface area contributed by atoms with E-state index in [4.69, 9.17) is 19.3 Å². The first-order chi connectivity index (χ1) is 23.4. The second kappa shape index (κ2) is 17.8. The second-order valence-electron chi connectivity index (χ2n) is 13.6. The van der Waals surface area contributed by atoms with E-state index < -0.39 is 54.3 Å². The minimum Gasteiger partial charge on any atom is -0.481 e. The Morgan fingerprint density at radius 1 is 0.940 bits per heavy atom. The lowest BCUT2D eigenvalue weighted by Crippen LogP contribution is -2.50. The van der Waals surface area contributed by atoms with Crippen LogP contribution in [0.3, 0.4) is 0 Å². The number of carbonyl (C=O) groups excluding carboxylic acids is 2. The first-order valence-corrected chi connectivity index (χ1v) is 16.4. The van der Waals surface area contributed by atoms with Crippen molar-refractivity contribution in [2.24, 2.45) is 5.92 Å². The molecule has 1 heterocycles. The third kappa shape index (κ3) is 11.3. The molecule has 12 nitrogen and oxygen atoms in total. The van der Waals surface area contributed by atoms with E-state index in [2.05, 4.69) is 4.98 Å². The molecule has 5 N–H and O–H groups in total. The Morgan fingerprint density at radius 2 is 1.62 bits per heavy atom. The maximum Gasteiger partial charge on any atom is 0.343 e. The molecule has 0 spiro atoms. The largest absolute Gasteiger partial charge is 0.481 e. The number of esters is 2. The Kier molecular flexibility index (Phi) is 14.4. The van der Waals surface area contributed by atoms with Crippen molar-refractivity contribution in [1.82, 2.24) is 9.88 Å². The molecule has 1 aromatic heterocycles. The van der Waals surface area contributed by atoms with E-state index in [9.17, 15) is 30.0 Å². The van der Waals surface area contributed by atoms with Crippen LogP contribution in [-0.4, -0.2) is 104 Å². The van der Waals surface area contributed by atoms with Crippen LogP contribution in [0, 0.1) is 11.7 Å². The molecule has 0 saturated heterocycles. The number of nitrogens with zero attached hydrogens (tertiary/aromatic N) is 2. The van der Waals surface area contributed by atoms with Gasteiger partial charge in [0, 0.05) is 30.8 Å². The van der Waals surface area contributed by atoms with E-state index >= 15 is 4.39 Å². The number of hydrogen-bond acceptors (Lipinski definition) is 12. The Morgan fingerprint density at radius 3 is 2.24 bits per heavy atom. The lowest BCUT2D eigenvalue weighted by molar-refractivity contribution is -0.159. The average molecular weight is 701 g/mol. The summed E-state index contributed by atoms with van der Waals surface area (Å²) in [6, 6.07) is 12.6. The molecule has 0 saturated carbocycles. The summed E-state index contributed by atoms with van der Waals surface area (Å²) in [6.07, 6.45) is -5.43. The zero-order valence-corrected chi connectivity index (χ0v) is 29.5. The van der Waals surface area contributed by atoms with Gasteiger partial charge in [-0.15, -0.1) is 0 Å². The van der Waals surface area contributed by atoms with Gasteiger partial charge < -0.3 is 39.7 Å². The summed E-state index contributed by atoms with van der Waals surface area (Å²) >= 11 is 0. The number of ether oxygens (including phenoxy) is 3. The van der Waals surface area contributed by atoms with Crippen LogP contribution >= 0.6 is 0 Å². The molecule has 0 radical (unpaired) electrons. The predicted molar refractivity (Wildman–Crippen MR) is 183 cm³/mol. The highest BCUT2D eigenvalue weighted by atomic mass is 19.1. The molecule has 3 aromatic rings. The number of halogens is 1. The summed E-state index contributed by atoms with van der Waals surface area (Å²) in [4.78, 5) is 31.6. The summed E-state index contributed by atoms with van der Waals surface area (Å²) in [5.74, 6) is -1.71. The number of benzene rings is 2. The van der Waals surface area contributed by atoms with Crippen LogP contribution < -0.4 is 9.47 Å². The monoisotopic (exact) mass is 700 g/mol. The van der Waals surface area contributed by atoms with Crippen molar-refractivity contribution in [3.63, 3.8) is 0 Å². The molecule has 0 fully saturated rings. The SMILES string of the molecule is COc1cc(-c2ccc(C(=O)Oc3cccc(C[C@H](C)C(=O)OC(C)(C)C)c3)cc2CN(C[C@H](O)[C@@H](O)[C@H](O)[C@H](O)CO)C(C)C)c(F)cn1. The minimum absolute atomic E-state index is 0.0403. The molecule has 0 amide bonds. The quantitative estimate of drug-likeness (QED) is 0.109. The molecule has 2 aromatic carbocycles. The van der Waals surface area contributed by atoms with E-state index in [1.165, 1.54) is 19.2 Å². The number of aliphatic hydroxyl groups excluding tert-OH is 5. The van der Waals surface area contributed by atoms with Crippen molar-refractivity contribution in [1.29, 1.82) is 0 Å². The molecule has 0 aliphatic heterocycles. The second-order valence-corrected chi connectivity index (χ2v) is 13.6. The van der Waals surface area contributed by atoms with Gasteiger partial charge in [-0.25, -0.2) is 14.2 Å². The molecule has 0 unspecified atom stereocenters. The van der Waals surface area contributed by atoms with Crippen molar-refractivity contribution in [2.75, 3.05) is 20.3 Å². The molecule has 3 rings (SSSR count). The van der Waals surface area contributed by atoms with Crippen molar-refractivity contribution in [3.05, 3.63) is 77.2 Å². The van der Waals surface area contributed by atoms with Gasteiger partial charge >= 0.3 is 11.9 Å². The van der Waals surface area contributed by atoms with E-state index in [0.717, 1.165) is 11.8 Å². The van der Waals surface area contributed by atoms with Gasteiger partial charge in [-0.1, -0.05) is 25.1 Å². The Bertz CT molecular complexity index is 1590. The molecule has 274 valence electrons. The third-order valence-electron chi connectivity index (χ3n) is 7.98. The highest BCUT2D eigenvalue weighted by molar-refractivity contribution is 5.92. The fraction of sp³-hybridized carbons (Fsp3) is 0.486. The molecule has 0 bridgehead atoms. The zero-order valence-electron chi connectivity index (χ0n) is 29.5. The lowest BCUT2D eigenvalue weighted by Gasteiger charge is -2.33. The first kappa shape index (κ1) is 40.4. The maximum atomic E-state index is 15.2. The van der Waals surface area contributed by atoms with Gasteiger partial charge in [0.05, 0.1) is 37.5 Å². The van der Waals surface area contributed by atoms with Crippen molar-refractivity contribution < 1.29 is 53.7 Å². The summed E-state index contributed by atoms with van der Waals surface area (Å²) in [5, 5.41) is 50.3. The number of aromatic nitrogens is 1. The van der Waals surface area contributed by atoms with Crippen LogP contribution in [0.25, 0.3) is 11.1 Å². The fourth-order valence-corrected chi connectivity index (χ4v) is 5.18. The average Bonchev–Trinajstić information content (AvgIpc) is 3.06. The van der Waals surface area contributed by atoms with Crippen molar-refractivity contribution >= 4 is 11.9 Å². The molecule has 0 aliphatic carbocycles. The first-order valence-electron chi connectivity index (χ1n) is 16.4. The third-order valence-corrected chi connectivity index (χ3v) is 7.98. The smallest absolute Gasteiger partial charge is 0.343 e. The number of aliphatic hydroxyl groups is 5. The van der Waals surface area contributed by atoms with E-state index in [1.54, 1.807) is 62.9 Å². The van der Waals surface area contributed by atoms with Gasteiger partial charge in [-0.3, -0.25) is 9.69 Å². The van der Waals surface area contributed by atoms with Crippen molar-refractivity contribution in [2.45, 2.75) is 90.6 Å². The van der Waals surface area contributed by atoms with Crippen LogP contribution in [0.4, 0.5) is 4.39 Å². The molecule has 50 heavy (non-hydrogen) atoms. The summed E-state index contributed by atoms with van der Waals surface area (Å²) in [7, 11) is 1.40. The van der Waals surface area contributed by atoms with Crippen LogP contribution in [0.5, 0.6) is 11.6 Å². The fourth-order valence-electron chi connectivity index (χ4n) is 5.18. The van der Waals surface area contributed by atoms with E-state index in [0.29, 0.717) is 17.5 Å². The van der Waals surface area contributed by atoms with Gasteiger partial charge in [0.2, 0.25) is 5.88 Å². The van der Waals surface area contributed by atoms with Gasteiger partial charge in [0.1, 0.15) is 35.5 Å². The van der Waals surface area contributed by atoms with Crippen LogP contribution in [0.1, 0.15) is 63.0 Å². The number of rotatable bonds is 16. The lowest BCUT2D eigenvalue weighted by atomic mass is 9.96. The highest BCUT2D eigenvalue weighted by Gasteiger charge is 2.32. The predicted octanol–water partition coefficient (Wildman–Crippen LogP) is 3.28. The van der Waals surface area contributed by atoms with Crippen LogP contribution in [0.15, 0.2) is 54.7 Å². The molecule has 13 heteroatoms. The van der Waals surface area contributed by atoms with Crippen LogP contribution in [-0.2, 0) is 22.5 Å². The Labute approximate surface area is 292 Å². The van der Waals surface area contributed by atoms with Gasteiger partial charge in [-0.2, -0.15) is 0 Å². The number of pyridine rings is 1. The molecular formula is C37H49FN2O10. The summed E-state index contributed by atoms with van der Waals surface area (Å²) in [5.41, 5.74) is 1.28. The van der Waals surface area contributed by atoms with E-state index in [-0.39, 0.29) is 47.9 Å². The van der Waals surface area contributed by atoms with Gasteiger partial charge in [-0.05, 0) is 82.0 Å². The number of carbonyl (C=O) groups is 2. The summed E-state index contributed by atoms with van der Waals surface area (Å²) < 4.78 is 31.6. The van der Waals surface area contributed by atoms with Gasteiger partial charge in [0.25, 0.3) is 0 Å². The van der Waals surface area contributed by atoms with Crippen molar-refractivity contribution in [3.8, 4) is 22.8 Å². The topological polar surface area (TPSA) is 179 Å². The standard InChI is InChI=1S/C37H49FN2O10/c1-21(2)40(19-30(42)33(44)34(45)31(43)20-41)18-25-15-24(11-12-27(25)28-16-32(48-7)39-17-29(28)38)36(47)49-26-10-8-9-23(14-26)13-22(3)35(46)50-37(4,5)6/h8-12,14-17,21-22,30-31,33-34,41-45H,13,18-20H2,1-7H3/t22-,30-,31+,33+,34+/m0/s1. The molecular weight excluding hydrogens is 651 g/mol. The van der Waals surface area contributed by atoms with Gasteiger partial charge in [0.15, 0.2) is 0 Å². The highest BCUT2D eigenvalue weighted by Crippen LogP contribution is 2.31. The molecule has 5 atom stereocenters. The van der Waals surface area contributed by atoms with Crippen LogP contribution in [0.2, 0.25) is 0 Å². The zero-order chi connectivity index (χ0) is 37.3. The number of methoxy groups -OCH3 is 1. The van der Waals surface area contributed by atoms with E-state index in [1.807, 2.05) is 19.9 Å². The minimum atomic E-state index is -1.81. The Hall–Kier alpha value is -3.98. The summed E-state index contributed by atoms with van der Waals surface area (Å²) in [6.45, 7) is 9.83. The maximum absolute atomic E-state index is 15.2. The number of hydrogen-bond donors (Lipinski definition) is 5. The normalized spacial score (nSPS) is 14.9.